The Labute approximate surface area is 54.3 Å². The molecule has 0 atom stereocenters. The summed E-state index contributed by atoms with van der Waals surface area (Å²) in [5.74, 6) is 0. The third kappa shape index (κ3) is 3.76. The van der Waals surface area contributed by atoms with Crippen molar-refractivity contribution in [1.82, 2.24) is 0 Å². The minimum atomic E-state index is -2.41. The van der Waals surface area contributed by atoms with Crippen LogP contribution >= 0.6 is 7.14 Å². The van der Waals surface area contributed by atoms with Crippen LogP contribution in [-0.4, -0.2) is 19.0 Å². The molecule has 0 heterocycles. The highest BCUT2D eigenvalue weighted by atomic mass is 31.2. The van der Waals surface area contributed by atoms with E-state index >= 15 is 0 Å². The van der Waals surface area contributed by atoms with Crippen molar-refractivity contribution in [2.45, 2.75) is 0 Å². The summed E-state index contributed by atoms with van der Waals surface area (Å²) in [7, 11) is -2.41. The van der Waals surface area contributed by atoms with Crippen molar-refractivity contribution in [3.63, 3.8) is 0 Å². The standard InChI is InChI=1S/C5H7N2OP/c1-9(8,4-2-6)5-3-7/h4-5H2,1H3. The van der Waals surface area contributed by atoms with Gasteiger partial charge >= 0.3 is 0 Å². The Hall–Kier alpha value is -0.790. The summed E-state index contributed by atoms with van der Waals surface area (Å²) in [5, 5.41) is 16.2. The first-order chi connectivity index (χ1) is 4.12. The molecular weight excluding hydrogens is 135 g/mol. The van der Waals surface area contributed by atoms with Gasteiger partial charge in [-0.2, -0.15) is 10.5 Å². The first-order valence-corrected chi connectivity index (χ1v) is 4.94. The fourth-order valence-electron chi connectivity index (χ4n) is 0.355. The van der Waals surface area contributed by atoms with E-state index in [9.17, 15) is 4.57 Å². The van der Waals surface area contributed by atoms with E-state index in [4.69, 9.17) is 10.5 Å². The largest absolute Gasteiger partial charge is 0.322 e. The van der Waals surface area contributed by atoms with Crippen LogP contribution in [0.25, 0.3) is 0 Å². The molecule has 0 saturated carbocycles. The van der Waals surface area contributed by atoms with Gasteiger partial charge in [-0.3, -0.25) is 0 Å². The van der Waals surface area contributed by atoms with Crippen molar-refractivity contribution in [2.75, 3.05) is 19.0 Å². The van der Waals surface area contributed by atoms with Gasteiger partial charge in [0, 0.05) is 0 Å². The average molecular weight is 142 g/mol. The van der Waals surface area contributed by atoms with Crippen LogP contribution in [0.2, 0.25) is 0 Å². The predicted octanol–water partition coefficient (Wildman–Crippen LogP) is 1.03. The van der Waals surface area contributed by atoms with Crippen molar-refractivity contribution < 1.29 is 4.57 Å². The van der Waals surface area contributed by atoms with Crippen molar-refractivity contribution in [2.24, 2.45) is 0 Å². The fourth-order valence-corrected chi connectivity index (χ4v) is 1.07. The maximum absolute atomic E-state index is 11.0. The maximum atomic E-state index is 11.0. The van der Waals surface area contributed by atoms with Crippen LogP contribution in [-0.2, 0) is 4.57 Å². The Morgan fingerprint density at radius 1 is 1.33 bits per heavy atom. The lowest BCUT2D eigenvalue weighted by Gasteiger charge is -1.99. The molecule has 0 fully saturated rings. The summed E-state index contributed by atoms with van der Waals surface area (Å²) in [4.78, 5) is 0. The Morgan fingerprint density at radius 2 is 1.67 bits per heavy atom. The fraction of sp³-hybridized carbons (Fsp3) is 0.600. The Kier molecular flexibility index (Phi) is 2.99. The molecule has 9 heavy (non-hydrogen) atoms. The van der Waals surface area contributed by atoms with Gasteiger partial charge in [-0.05, 0) is 6.66 Å². The third-order valence-electron chi connectivity index (χ3n) is 0.810. The molecule has 0 aromatic rings. The molecule has 0 amide bonds. The van der Waals surface area contributed by atoms with Crippen LogP contribution in [0.3, 0.4) is 0 Å². The molecule has 0 aromatic heterocycles. The molecule has 0 bridgehead atoms. The topological polar surface area (TPSA) is 64.7 Å². The van der Waals surface area contributed by atoms with Crippen LogP contribution in [0.4, 0.5) is 0 Å². The van der Waals surface area contributed by atoms with E-state index in [0.717, 1.165) is 0 Å². The normalized spacial score (nSPS) is 9.67. The molecule has 3 nitrogen and oxygen atoms in total. The van der Waals surface area contributed by atoms with Gasteiger partial charge in [0.1, 0.15) is 7.14 Å². The molecule has 0 aliphatic rings. The van der Waals surface area contributed by atoms with E-state index in [1.165, 1.54) is 6.66 Å². The van der Waals surface area contributed by atoms with Crippen LogP contribution < -0.4 is 0 Å². The molecule has 0 N–H and O–H groups in total. The van der Waals surface area contributed by atoms with E-state index in [1.807, 2.05) is 0 Å². The molecule has 48 valence electrons. The Balaban J connectivity index is 3.95. The van der Waals surface area contributed by atoms with Gasteiger partial charge in [-0.1, -0.05) is 0 Å². The summed E-state index contributed by atoms with van der Waals surface area (Å²) >= 11 is 0. The highest BCUT2D eigenvalue weighted by Crippen LogP contribution is 2.39. The first-order valence-electron chi connectivity index (χ1n) is 2.42. The van der Waals surface area contributed by atoms with Gasteiger partial charge in [-0.15, -0.1) is 0 Å². The SMILES string of the molecule is CP(=O)(CC#N)CC#N. The quantitative estimate of drug-likeness (QED) is 0.540. The number of nitriles is 2. The van der Waals surface area contributed by atoms with E-state index in [1.54, 1.807) is 12.1 Å². The Bertz CT molecular complexity index is 190. The second-order valence-electron chi connectivity index (χ2n) is 1.93. The van der Waals surface area contributed by atoms with Crippen molar-refractivity contribution in [1.29, 1.82) is 10.5 Å². The Morgan fingerprint density at radius 3 is 1.89 bits per heavy atom. The molecule has 0 unspecified atom stereocenters. The molecular formula is C5H7N2OP. The summed E-state index contributed by atoms with van der Waals surface area (Å²) < 4.78 is 11.0. The van der Waals surface area contributed by atoms with Crippen LogP contribution in [0.15, 0.2) is 0 Å². The van der Waals surface area contributed by atoms with Crippen molar-refractivity contribution in [3.8, 4) is 12.1 Å². The zero-order valence-corrected chi connectivity index (χ0v) is 6.06. The molecule has 0 saturated heterocycles. The van der Waals surface area contributed by atoms with Gasteiger partial charge in [0.2, 0.25) is 0 Å². The number of rotatable bonds is 2. The first kappa shape index (κ1) is 8.21. The highest BCUT2D eigenvalue weighted by molar-refractivity contribution is 7.63. The van der Waals surface area contributed by atoms with E-state index in [2.05, 4.69) is 0 Å². The summed E-state index contributed by atoms with van der Waals surface area (Å²) in [6.45, 7) is 1.47. The van der Waals surface area contributed by atoms with Gasteiger partial charge in [0.05, 0.1) is 24.5 Å². The number of hydrogen-bond acceptors (Lipinski definition) is 3. The monoisotopic (exact) mass is 142 g/mol. The molecule has 0 aromatic carbocycles. The molecule has 0 aliphatic heterocycles. The smallest absolute Gasteiger partial charge is 0.112 e. The molecule has 0 spiro atoms. The number of nitrogens with zero attached hydrogens (tertiary/aromatic N) is 2. The van der Waals surface area contributed by atoms with Crippen molar-refractivity contribution >= 4 is 7.14 Å². The van der Waals surface area contributed by atoms with E-state index in [0.29, 0.717) is 0 Å². The van der Waals surface area contributed by atoms with Gasteiger partial charge in [0.25, 0.3) is 0 Å². The van der Waals surface area contributed by atoms with Gasteiger partial charge in [-0.25, -0.2) is 0 Å². The lowest BCUT2D eigenvalue weighted by atomic mass is 10.9. The summed E-state index contributed by atoms with van der Waals surface area (Å²) in [6, 6.07) is 3.56. The van der Waals surface area contributed by atoms with Crippen LogP contribution in [0.1, 0.15) is 0 Å². The zero-order valence-electron chi connectivity index (χ0n) is 5.16. The molecule has 4 heteroatoms. The lowest BCUT2D eigenvalue weighted by Crippen LogP contribution is -1.87. The van der Waals surface area contributed by atoms with E-state index in [-0.39, 0.29) is 12.3 Å². The third-order valence-corrected chi connectivity index (χ3v) is 2.43. The highest BCUT2D eigenvalue weighted by Gasteiger charge is 2.12. The minimum absolute atomic E-state index is 0.0144. The predicted molar refractivity (Wildman–Crippen MR) is 34.5 cm³/mol. The maximum Gasteiger partial charge on any atom is 0.112 e. The minimum Gasteiger partial charge on any atom is -0.322 e. The number of hydrogen-bond donors (Lipinski definition) is 0. The zero-order chi connectivity index (χ0) is 7.33. The van der Waals surface area contributed by atoms with E-state index < -0.39 is 7.14 Å². The molecule has 0 aliphatic carbocycles. The van der Waals surface area contributed by atoms with Crippen LogP contribution in [0, 0.1) is 22.7 Å². The summed E-state index contributed by atoms with van der Waals surface area (Å²) in [5.41, 5.74) is 0. The average Bonchev–Trinajstić information content (AvgIpc) is 1.64. The molecule has 0 radical (unpaired) electrons. The second kappa shape index (κ2) is 3.28. The van der Waals surface area contributed by atoms with Crippen LogP contribution in [0.5, 0.6) is 0 Å². The lowest BCUT2D eigenvalue weighted by molar-refractivity contribution is 0.583. The van der Waals surface area contributed by atoms with Crippen molar-refractivity contribution in [3.05, 3.63) is 0 Å². The second-order valence-corrected chi connectivity index (χ2v) is 5.16. The van der Waals surface area contributed by atoms with Gasteiger partial charge < -0.3 is 4.57 Å². The summed E-state index contributed by atoms with van der Waals surface area (Å²) in [6.07, 6.45) is 0.0289. The molecule has 0 rings (SSSR count). The van der Waals surface area contributed by atoms with Gasteiger partial charge in [0.15, 0.2) is 0 Å².